The molecule has 0 bridgehead atoms. The summed E-state index contributed by atoms with van der Waals surface area (Å²) in [5.74, 6) is 0.624. The number of nitrogens with zero attached hydrogens (tertiary/aromatic N) is 3. The molecule has 0 saturated heterocycles. The number of hydrogen-bond donors (Lipinski definition) is 2. The summed E-state index contributed by atoms with van der Waals surface area (Å²) in [6, 6.07) is 0. The maximum Gasteiger partial charge on any atom is 0.188 e. The van der Waals surface area contributed by atoms with E-state index in [1.165, 1.54) is 11.1 Å². The van der Waals surface area contributed by atoms with Crippen molar-refractivity contribution in [2.24, 2.45) is 5.73 Å². The van der Waals surface area contributed by atoms with Gasteiger partial charge in [-0.1, -0.05) is 12.2 Å². The number of thiazole rings is 1. The van der Waals surface area contributed by atoms with Crippen molar-refractivity contribution in [2.45, 2.75) is 13.8 Å². The normalized spacial score (nSPS) is 10.2. The van der Waals surface area contributed by atoms with Gasteiger partial charge in [-0.15, -0.1) is 11.3 Å². The lowest BCUT2D eigenvalue weighted by Gasteiger charge is -2.01. The van der Waals surface area contributed by atoms with E-state index >= 15 is 0 Å². The lowest BCUT2D eigenvalue weighted by Crippen LogP contribution is -2.12. The van der Waals surface area contributed by atoms with Gasteiger partial charge in [-0.25, -0.2) is 15.0 Å². The summed E-state index contributed by atoms with van der Waals surface area (Å²) < 4.78 is 0. The van der Waals surface area contributed by atoms with Crippen LogP contribution in [-0.4, -0.2) is 19.9 Å². The predicted molar refractivity (Wildman–Crippen MR) is 72.8 cm³/mol. The molecule has 17 heavy (non-hydrogen) atoms. The number of hydrogen-bond acceptors (Lipinski definition) is 6. The summed E-state index contributed by atoms with van der Waals surface area (Å²) in [5.41, 5.74) is 6.97. The number of aromatic nitrogens is 3. The van der Waals surface area contributed by atoms with Crippen LogP contribution in [0.15, 0.2) is 12.4 Å². The van der Waals surface area contributed by atoms with Crippen molar-refractivity contribution in [1.82, 2.24) is 15.0 Å². The Balaban J connectivity index is 2.16. The standard InChI is InChI=1S/C10H11N5S2/c1-5-6(2)17-10(14-5)15-8-4-12-7(3-13-8)9(11)16/h3-4H,1-2H3,(H2,11,16)(H,13,14,15). The first kappa shape index (κ1) is 11.9. The minimum absolute atomic E-state index is 0.241. The van der Waals surface area contributed by atoms with Gasteiger partial charge in [-0.3, -0.25) is 0 Å². The van der Waals surface area contributed by atoms with Gasteiger partial charge in [0.2, 0.25) is 0 Å². The first-order valence-electron chi connectivity index (χ1n) is 4.89. The summed E-state index contributed by atoms with van der Waals surface area (Å²) in [6.07, 6.45) is 3.12. The summed E-state index contributed by atoms with van der Waals surface area (Å²) in [4.78, 5) is 14.0. The molecule has 0 amide bonds. The first-order valence-corrected chi connectivity index (χ1v) is 6.11. The fourth-order valence-corrected chi connectivity index (χ4v) is 2.08. The lowest BCUT2D eigenvalue weighted by molar-refractivity contribution is 1.16. The van der Waals surface area contributed by atoms with Gasteiger partial charge in [0.1, 0.15) is 10.7 Å². The van der Waals surface area contributed by atoms with Crippen LogP contribution >= 0.6 is 23.6 Å². The van der Waals surface area contributed by atoms with Crippen molar-refractivity contribution < 1.29 is 0 Å². The number of nitrogens with two attached hydrogens (primary N) is 1. The molecule has 2 aromatic heterocycles. The molecule has 7 heteroatoms. The summed E-state index contributed by atoms with van der Waals surface area (Å²) in [5, 5.41) is 3.88. The average Bonchev–Trinajstić information content (AvgIpc) is 2.58. The fourth-order valence-electron chi connectivity index (χ4n) is 1.16. The highest BCUT2D eigenvalue weighted by atomic mass is 32.1. The van der Waals surface area contributed by atoms with Gasteiger partial charge in [0.15, 0.2) is 10.9 Å². The van der Waals surface area contributed by atoms with Crippen LogP contribution in [0.4, 0.5) is 10.9 Å². The van der Waals surface area contributed by atoms with Gasteiger partial charge < -0.3 is 11.1 Å². The van der Waals surface area contributed by atoms with Gasteiger partial charge in [0, 0.05) is 4.88 Å². The number of aryl methyl sites for hydroxylation is 2. The Morgan fingerprint density at radius 2 is 2.12 bits per heavy atom. The smallest absolute Gasteiger partial charge is 0.188 e. The van der Waals surface area contributed by atoms with Crippen LogP contribution in [0.1, 0.15) is 16.3 Å². The maximum absolute atomic E-state index is 5.44. The van der Waals surface area contributed by atoms with Crippen LogP contribution in [-0.2, 0) is 0 Å². The molecule has 0 saturated carbocycles. The Hall–Kier alpha value is -1.60. The highest BCUT2D eigenvalue weighted by Gasteiger charge is 2.05. The van der Waals surface area contributed by atoms with Crippen molar-refractivity contribution in [3.63, 3.8) is 0 Å². The zero-order valence-electron chi connectivity index (χ0n) is 9.39. The molecule has 0 aliphatic rings. The Morgan fingerprint density at radius 1 is 1.35 bits per heavy atom. The van der Waals surface area contributed by atoms with Gasteiger partial charge >= 0.3 is 0 Å². The Kier molecular flexibility index (Phi) is 3.30. The van der Waals surface area contributed by atoms with Crippen molar-refractivity contribution in [2.75, 3.05) is 5.32 Å². The highest BCUT2D eigenvalue weighted by Crippen LogP contribution is 2.23. The first-order chi connectivity index (χ1) is 8.06. The number of nitrogens with one attached hydrogen (secondary N) is 1. The Labute approximate surface area is 108 Å². The van der Waals surface area contributed by atoms with Crippen LogP contribution in [0, 0.1) is 13.8 Å². The molecule has 0 aliphatic heterocycles. The molecule has 0 spiro atoms. The van der Waals surface area contributed by atoms with Crippen molar-refractivity contribution in [1.29, 1.82) is 0 Å². The molecule has 0 aliphatic carbocycles. The van der Waals surface area contributed by atoms with Crippen molar-refractivity contribution in [3.8, 4) is 0 Å². The third-order valence-electron chi connectivity index (χ3n) is 2.17. The third kappa shape index (κ3) is 2.75. The second-order valence-corrected chi connectivity index (χ2v) is 5.08. The molecule has 0 aromatic carbocycles. The SMILES string of the molecule is Cc1nc(Nc2cnc(C(N)=S)cn2)sc1C. The van der Waals surface area contributed by atoms with E-state index in [0.717, 1.165) is 10.8 Å². The average molecular weight is 265 g/mol. The molecular weight excluding hydrogens is 254 g/mol. The molecule has 5 nitrogen and oxygen atoms in total. The highest BCUT2D eigenvalue weighted by molar-refractivity contribution is 7.80. The predicted octanol–water partition coefficient (Wildman–Crippen LogP) is 1.93. The molecule has 2 heterocycles. The molecule has 2 aromatic rings. The second-order valence-electron chi connectivity index (χ2n) is 3.44. The van der Waals surface area contributed by atoms with E-state index in [1.54, 1.807) is 17.5 Å². The molecular formula is C10H11N5S2. The monoisotopic (exact) mass is 265 g/mol. The Morgan fingerprint density at radius 3 is 2.59 bits per heavy atom. The van der Waals surface area contributed by atoms with E-state index in [0.29, 0.717) is 11.5 Å². The zero-order valence-corrected chi connectivity index (χ0v) is 11.0. The quantitative estimate of drug-likeness (QED) is 0.826. The van der Waals surface area contributed by atoms with Crippen LogP contribution in [0.3, 0.4) is 0 Å². The van der Waals surface area contributed by atoms with Gasteiger partial charge in [0.25, 0.3) is 0 Å². The molecule has 0 radical (unpaired) electrons. The minimum Gasteiger partial charge on any atom is -0.388 e. The molecule has 0 atom stereocenters. The van der Waals surface area contributed by atoms with Gasteiger partial charge in [-0.2, -0.15) is 0 Å². The van der Waals surface area contributed by atoms with Crippen LogP contribution in [0.5, 0.6) is 0 Å². The largest absolute Gasteiger partial charge is 0.388 e. The van der Waals surface area contributed by atoms with Crippen molar-refractivity contribution >= 4 is 39.5 Å². The summed E-state index contributed by atoms with van der Waals surface area (Å²) >= 11 is 6.38. The number of thiocarbonyl (C=S) groups is 1. The van der Waals surface area contributed by atoms with E-state index in [2.05, 4.69) is 20.3 Å². The van der Waals surface area contributed by atoms with Crippen LogP contribution < -0.4 is 11.1 Å². The third-order valence-corrected chi connectivity index (χ3v) is 3.37. The molecule has 0 fully saturated rings. The van der Waals surface area contributed by atoms with Gasteiger partial charge in [0.05, 0.1) is 18.1 Å². The zero-order chi connectivity index (χ0) is 12.4. The minimum atomic E-state index is 0.241. The van der Waals surface area contributed by atoms with Crippen molar-refractivity contribution in [3.05, 3.63) is 28.7 Å². The molecule has 3 N–H and O–H groups in total. The topological polar surface area (TPSA) is 76.7 Å². The molecule has 2 rings (SSSR count). The lowest BCUT2D eigenvalue weighted by atomic mass is 10.4. The maximum atomic E-state index is 5.44. The molecule has 0 unspecified atom stereocenters. The number of rotatable bonds is 3. The van der Waals surface area contributed by atoms with E-state index in [1.807, 2.05) is 13.8 Å². The Bertz CT molecular complexity index is 527. The van der Waals surface area contributed by atoms with E-state index < -0.39 is 0 Å². The van der Waals surface area contributed by atoms with Crippen LogP contribution in [0.25, 0.3) is 0 Å². The second kappa shape index (κ2) is 4.72. The van der Waals surface area contributed by atoms with E-state index in [4.69, 9.17) is 18.0 Å². The fraction of sp³-hybridized carbons (Fsp3) is 0.200. The number of anilines is 2. The van der Waals surface area contributed by atoms with E-state index in [-0.39, 0.29) is 4.99 Å². The van der Waals surface area contributed by atoms with E-state index in [9.17, 15) is 0 Å². The molecule has 88 valence electrons. The summed E-state index contributed by atoms with van der Waals surface area (Å²) in [7, 11) is 0. The summed E-state index contributed by atoms with van der Waals surface area (Å²) in [6.45, 7) is 4.00. The van der Waals surface area contributed by atoms with Gasteiger partial charge in [-0.05, 0) is 13.8 Å². The van der Waals surface area contributed by atoms with Crippen LogP contribution in [0.2, 0.25) is 0 Å².